The fraction of sp³-hybridized carbons (Fsp3) is 0.444. The molecule has 0 fully saturated rings. The lowest BCUT2D eigenvalue weighted by atomic mass is 10.3. The van der Waals surface area contributed by atoms with Gasteiger partial charge < -0.3 is 0 Å². The van der Waals surface area contributed by atoms with Crippen LogP contribution in [0.4, 0.5) is 0 Å². The lowest BCUT2D eigenvalue weighted by molar-refractivity contribution is 0.579. The molecule has 0 aliphatic heterocycles. The highest BCUT2D eigenvalue weighted by molar-refractivity contribution is 9.10. The summed E-state index contributed by atoms with van der Waals surface area (Å²) in [7, 11) is -3.42. The van der Waals surface area contributed by atoms with Crippen molar-refractivity contribution in [1.29, 1.82) is 0 Å². The highest BCUT2D eigenvalue weighted by Gasteiger charge is 2.17. The van der Waals surface area contributed by atoms with Gasteiger partial charge in [-0.25, -0.2) is 13.1 Å². The molecular weight excluding hydrogens is 280 g/mol. The Bertz CT molecular complexity index is 445. The van der Waals surface area contributed by atoms with Crippen LogP contribution < -0.4 is 4.72 Å². The molecule has 0 unspecified atom stereocenters. The largest absolute Gasteiger partial charge is 0.262 e. The summed E-state index contributed by atoms with van der Waals surface area (Å²) in [6.45, 7) is 4.09. The van der Waals surface area contributed by atoms with Gasteiger partial charge in [-0.3, -0.25) is 4.98 Å². The van der Waals surface area contributed by atoms with E-state index in [9.17, 15) is 8.42 Å². The fourth-order valence-electron chi connectivity index (χ4n) is 1.07. The Morgan fingerprint density at radius 2 is 2.13 bits per heavy atom. The summed E-state index contributed by atoms with van der Waals surface area (Å²) in [6, 6.07) is 0. The van der Waals surface area contributed by atoms with Crippen molar-refractivity contribution in [2.75, 3.05) is 6.54 Å². The predicted molar refractivity (Wildman–Crippen MR) is 62.2 cm³/mol. The quantitative estimate of drug-likeness (QED) is 0.921. The highest BCUT2D eigenvalue weighted by atomic mass is 79.9. The molecule has 1 N–H and O–H groups in total. The van der Waals surface area contributed by atoms with E-state index in [-0.39, 0.29) is 4.90 Å². The lowest BCUT2D eigenvalue weighted by Gasteiger charge is -2.08. The van der Waals surface area contributed by atoms with Crippen molar-refractivity contribution in [3.8, 4) is 0 Å². The van der Waals surface area contributed by atoms with Crippen molar-refractivity contribution in [3.05, 3.63) is 22.4 Å². The SMILES string of the molecule is CCCNS(=O)(=O)c1cncc(Br)c1C. The number of hydrogen-bond acceptors (Lipinski definition) is 3. The van der Waals surface area contributed by atoms with Gasteiger partial charge in [-0.15, -0.1) is 0 Å². The van der Waals surface area contributed by atoms with E-state index in [0.29, 0.717) is 16.6 Å². The number of hydrogen-bond donors (Lipinski definition) is 1. The Kier molecular flexibility index (Phi) is 4.24. The van der Waals surface area contributed by atoms with Crippen LogP contribution in [0.1, 0.15) is 18.9 Å². The molecule has 0 radical (unpaired) electrons. The average molecular weight is 293 g/mol. The number of pyridine rings is 1. The van der Waals surface area contributed by atoms with Crippen molar-refractivity contribution >= 4 is 26.0 Å². The lowest BCUT2D eigenvalue weighted by Crippen LogP contribution is -2.25. The van der Waals surface area contributed by atoms with Crippen LogP contribution in [-0.2, 0) is 10.0 Å². The molecule has 15 heavy (non-hydrogen) atoms. The smallest absolute Gasteiger partial charge is 0.242 e. The zero-order chi connectivity index (χ0) is 11.5. The first kappa shape index (κ1) is 12.6. The molecule has 0 amide bonds. The number of halogens is 1. The van der Waals surface area contributed by atoms with Gasteiger partial charge in [-0.05, 0) is 34.8 Å². The maximum atomic E-state index is 11.8. The third kappa shape index (κ3) is 2.99. The van der Waals surface area contributed by atoms with Crippen molar-refractivity contribution in [2.24, 2.45) is 0 Å². The van der Waals surface area contributed by atoms with E-state index < -0.39 is 10.0 Å². The number of rotatable bonds is 4. The van der Waals surface area contributed by atoms with E-state index in [4.69, 9.17) is 0 Å². The highest BCUT2D eigenvalue weighted by Crippen LogP contribution is 2.21. The molecule has 1 aromatic heterocycles. The molecule has 1 aromatic rings. The Labute approximate surface area is 98.3 Å². The molecule has 6 heteroatoms. The number of aromatic nitrogens is 1. The maximum absolute atomic E-state index is 11.8. The van der Waals surface area contributed by atoms with Crippen molar-refractivity contribution in [2.45, 2.75) is 25.2 Å². The van der Waals surface area contributed by atoms with Gasteiger partial charge in [-0.2, -0.15) is 0 Å². The Hall–Kier alpha value is -0.460. The summed E-state index contributed by atoms with van der Waals surface area (Å²) in [5.74, 6) is 0. The van der Waals surface area contributed by atoms with Crippen LogP contribution in [0.15, 0.2) is 21.8 Å². The minimum atomic E-state index is -3.42. The minimum Gasteiger partial charge on any atom is -0.262 e. The first-order valence-electron chi connectivity index (χ1n) is 4.58. The number of sulfonamides is 1. The number of nitrogens with one attached hydrogen (secondary N) is 1. The standard InChI is InChI=1S/C9H13BrN2O2S/c1-3-4-12-15(13,14)9-6-11-5-8(10)7(9)2/h5-6,12H,3-4H2,1-2H3. The minimum absolute atomic E-state index is 0.227. The molecule has 84 valence electrons. The molecule has 0 saturated carbocycles. The van der Waals surface area contributed by atoms with E-state index >= 15 is 0 Å². The van der Waals surface area contributed by atoms with Gasteiger partial charge in [-0.1, -0.05) is 6.92 Å². The van der Waals surface area contributed by atoms with Crippen molar-refractivity contribution < 1.29 is 8.42 Å². The van der Waals surface area contributed by atoms with E-state index in [2.05, 4.69) is 25.6 Å². The normalized spacial score (nSPS) is 11.7. The van der Waals surface area contributed by atoms with Crippen LogP contribution >= 0.6 is 15.9 Å². The molecule has 0 saturated heterocycles. The molecule has 1 rings (SSSR count). The molecule has 4 nitrogen and oxygen atoms in total. The summed E-state index contributed by atoms with van der Waals surface area (Å²) >= 11 is 3.25. The fourth-order valence-corrected chi connectivity index (χ4v) is 2.87. The monoisotopic (exact) mass is 292 g/mol. The van der Waals surface area contributed by atoms with Gasteiger partial charge in [0.15, 0.2) is 0 Å². The predicted octanol–water partition coefficient (Wildman–Crippen LogP) is 1.84. The Balaban J connectivity index is 3.10. The molecular formula is C9H13BrN2O2S. The van der Waals surface area contributed by atoms with Gasteiger partial charge >= 0.3 is 0 Å². The van der Waals surface area contributed by atoms with E-state index in [1.54, 1.807) is 13.1 Å². The van der Waals surface area contributed by atoms with Crippen LogP contribution in [0, 0.1) is 6.92 Å². The second-order valence-electron chi connectivity index (χ2n) is 3.14. The van der Waals surface area contributed by atoms with Crippen LogP contribution in [-0.4, -0.2) is 19.9 Å². The summed E-state index contributed by atoms with van der Waals surface area (Å²) in [5, 5.41) is 0. The van der Waals surface area contributed by atoms with Gasteiger partial charge in [0.25, 0.3) is 0 Å². The third-order valence-electron chi connectivity index (χ3n) is 1.94. The molecule has 0 aliphatic rings. The summed E-state index contributed by atoms with van der Waals surface area (Å²) in [4.78, 5) is 4.08. The summed E-state index contributed by atoms with van der Waals surface area (Å²) in [6.07, 6.45) is 3.70. The second kappa shape index (κ2) is 5.05. The molecule has 0 aliphatic carbocycles. The molecule has 0 atom stereocenters. The van der Waals surface area contributed by atoms with Gasteiger partial charge in [0, 0.05) is 23.4 Å². The molecule has 0 bridgehead atoms. The van der Waals surface area contributed by atoms with Gasteiger partial charge in [0.2, 0.25) is 10.0 Å². The average Bonchev–Trinajstić information content (AvgIpc) is 2.19. The Morgan fingerprint density at radius 1 is 1.47 bits per heavy atom. The van der Waals surface area contributed by atoms with Gasteiger partial charge in [0.1, 0.15) is 4.90 Å². The summed E-state index contributed by atoms with van der Waals surface area (Å²) in [5.41, 5.74) is 0.675. The Morgan fingerprint density at radius 3 is 2.73 bits per heavy atom. The maximum Gasteiger partial charge on any atom is 0.242 e. The van der Waals surface area contributed by atoms with Crippen LogP contribution in [0.5, 0.6) is 0 Å². The molecule has 1 heterocycles. The zero-order valence-corrected chi connectivity index (χ0v) is 11.0. The van der Waals surface area contributed by atoms with E-state index in [0.717, 1.165) is 6.42 Å². The van der Waals surface area contributed by atoms with Crippen molar-refractivity contribution in [1.82, 2.24) is 9.71 Å². The third-order valence-corrected chi connectivity index (χ3v) is 4.31. The van der Waals surface area contributed by atoms with E-state index in [1.807, 2.05) is 6.92 Å². The van der Waals surface area contributed by atoms with Crippen molar-refractivity contribution in [3.63, 3.8) is 0 Å². The van der Waals surface area contributed by atoms with Crippen LogP contribution in [0.2, 0.25) is 0 Å². The zero-order valence-electron chi connectivity index (χ0n) is 8.62. The first-order valence-corrected chi connectivity index (χ1v) is 6.86. The second-order valence-corrected chi connectivity index (χ2v) is 5.73. The topological polar surface area (TPSA) is 59.1 Å². The molecule has 0 aromatic carbocycles. The molecule has 0 spiro atoms. The van der Waals surface area contributed by atoms with Gasteiger partial charge in [0.05, 0.1) is 0 Å². The number of nitrogens with zero attached hydrogens (tertiary/aromatic N) is 1. The van der Waals surface area contributed by atoms with E-state index in [1.165, 1.54) is 6.20 Å². The van der Waals surface area contributed by atoms with Crippen LogP contribution in [0.3, 0.4) is 0 Å². The summed E-state index contributed by atoms with van der Waals surface area (Å²) < 4.78 is 26.8. The first-order chi connectivity index (χ1) is 6.99. The van der Waals surface area contributed by atoms with Crippen LogP contribution in [0.25, 0.3) is 0 Å².